The number of carbonyl (C=O) groups is 1. The number of nitrogens with one attached hydrogen (secondary N) is 1. The van der Waals surface area contributed by atoms with Gasteiger partial charge in [-0.15, -0.1) is 11.8 Å². The van der Waals surface area contributed by atoms with Crippen molar-refractivity contribution >= 4 is 33.4 Å². The maximum atomic E-state index is 13.1. The van der Waals surface area contributed by atoms with Crippen molar-refractivity contribution in [1.82, 2.24) is 14.4 Å². The van der Waals surface area contributed by atoms with Crippen molar-refractivity contribution in [3.05, 3.63) is 65.8 Å². The molecule has 1 fully saturated rings. The molecule has 33 heavy (non-hydrogen) atoms. The molecule has 2 heterocycles. The summed E-state index contributed by atoms with van der Waals surface area (Å²) < 4.78 is 32.9. The lowest BCUT2D eigenvalue weighted by Gasteiger charge is -2.20. The van der Waals surface area contributed by atoms with Crippen LogP contribution in [0.15, 0.2) is 62.8 Å². The zero-order chi connectivity index (χ0) is 23.3. The normalized spacial score (nSPS) is 15.2. The van der Waals surface area contributed by atoms with Crippen molar-refractivity contribution in [3.63, 3.8) is 0 Å². The topological polar surface area (TPSA) is 105 Å². The van der Waals surface area contributed by atoms with Gasteiger partial charge in [-0.05, 0) is 50.1 Å². The van der Waals surface area contributed by atoms with E-state index in [1.54, 1.807) is 41.6 Å². The molecule has 1 aliphatic heterocycles. The van der Waals surface area contributed by atoms with Crippen molar-refractivity contribution in [2.24, 2.45) is 0 Å². The van der Waals surface area contributed by atoms with E-state index in [0.717, 1.165) is 30.6 Å². The lowest BCUT2D eigenvalue weighted by molar-refractivity contribution is 0.102. The Labute approximate surface area is 197 Å². The Bertz CT molecular complexity index is 1220. The minimum absolute atomic E-state index is 0.191. The minimum atomic E-state index is -3.60. The van der Waals surface area contributed by atoms with Crippen molar-refractivity contribution in [2.75, 3.05) is 18.4 Å². The van der Waals surface area contributed by atoms with Crippen LogP contribution in [-0.2, 0) is 15.8 Å². The zero-order valence-corrected chi connectivity index (χ0v) is 20.0. The fourth-order valence-electron chi connectivity index (χ4n) is 3.68. The van der Waals surface area contributed by atoms with Crippen LogP contribution in [0.4, 0.5) is 5.69 Å². The van der Waals surface area contributed by atoms with Gasteiger partial charge in [0.1, 0.15) is 0 Å². The summed E-state index contributed by atoms with van der Waals surface area (Å²) in [5, 5.41) is 6.62. The summed E-state index contributed by atoms with van der Waals surface area (Å²) in [6.07, 6.45) is 3.83. The first-order valence-corrected chi connectivity index (χ1v) is 13.3. The predicted octanol–water partition coefficient (Wildman–Crippen LogP) is 4.49. The maximum absolute atomic E-state index is 13.1. The number of rotatable bonds is 7. The van der Waals surface area contributed by atoms with E-state index >= 15 is 0 Å². The third kappa shape index (κ3) is 5.82. The molecule has 0 atom stereocenters. The highest BCUT2D eigenvalue weighted by Crippen LogP contribution is 2.27. The molecule has 0 aliphatic carbocycles. The Morgan fingerprint density at radius 1 is 1.09 bits per heavy atom. The van der Waals surface area contributed by atoms with Gasteiger partial charge < -0.3 is 9.84 Å². The number of sulfonamides is 1. The minimum Gasteiger partial charge on any atom is -0.338 e. The van der Waals surface area contributed by atoms with Crippen LogP contribution in [0.3, 0.4) is 0 Å². The van der Waals surface area contributed by atoms with Gasteiger partial charge in [-0.25, -0.2) is 8.42 Å². The van der Waals surface area contributed by atoms with Gasteiger partial charge in [0.2, 0.25) is 15.9 Å². The smallest absolute Gasteiger partial charge is 0.256 e. The molecule has 0 saturated carbocycles. The standard InChI is InChI=1S/C23H26N4O4S2/c1-17-24-22(31-26-17)16-32-21-12-5-4-11-20(21)23(28)25-18-9-8-10-19(15-18)33(29,30)27-13-6-2-3-7-14-27/h4-5,8-12,15H,2-3,6-7,13-14,16H2,1H3,(H,25,28). The van der Waals surface area contributed by atoms with Crippen LogP contribution in [0.25, 0.3) is 0 Å². The van der Waals surface area contributed by atoms with Gasteiger partial charge in [-0.1, -0.05) is 36.2 Å². The Morgan fingerprint density at radius 3 is 2.58 bits per heavy atom. The number of amides is 1. The summed E-state index contributed by atoms with van der Waals surface area (Å²) in [6.45, 7) is 2.81. The zero-order valence-electron chi connectivity index (χ0n) is 18.4. The van der Waals surface area contributed by atoms with Crippen LogP contribution in [-0.4, -0.2) is 41.9 Å². The van der Waals surface area contributed by atoms with E-state index < -0.39 is 10.0 Å². The van der Waals surface area contributed by atoms with Crippen LogP contribution in [0, 0.1) is 6.92 Å². The van der Waals surface area contributed by atoms with Crippen molar-refractivity contribution < 1.29 is 17.7 Å². The van der Waals surface area contributed by atoms with Crippen molar-refractivity contribution in [2.45, 2.75) is 48.2 Å². The fourth-order valence-corrected chi connectivity index (χ4v) is 6.13. The Hall–Kier alpha value is -2.69. The van der Waals surface area contributed by atoms with Crippen LogP contribution in [0.5, 0.6) is 0 Å². The van der Waals surface area contributed by atoms with Gasteiger partial charge in [0, 0.05) is 23.7 Å². The summed E-state index contributed by atoms with van der Waals surface area (Å²) >= 11 is 1.42. The van der Waals surface area contributed by atoms with E-state index in [-0.39, 0.29) is 10.8 Å². The first kappa shape index (κ1) is 23.5. The van der Waals surface area contributed by atoms with Crippen molar-refractivity contribution in [1.29, 1.82) is 0 Å². The molecule has 174 valence electrons. The quantitative estimate of drug-likeness (QED) is 0.491. The Balaban J connectivity index is 1.49. The molecule has 2 aromatic carbocycles. The molecule has 1 aliphatic rings. The summed E-state index contributed by atoms with van der Waals surface area (Å²) in [5.74, 6) is 1.17. The summed E-state index contributed by atoms with van der Waals surface area (Å²) in [4.78, 5) is 18.2. The molecule has 3 aromatic rings. The lowest BCUT2D eigenvalue weighted by Crippen LogP contribution is -2.32. The third-order valence-corrected chi connectivity index (χ3v) is 8.30. The van der Waals surface area contributed by atoms with E-state index in [1.165, 1.54) is 17.8 Å². The first-order valence-electron chi connectivity index (χ1n) is 10.9. The van der Waals surface area contributed by atoms with E-state index in [9.17, 15) is 13.2 Å². The molecule has 0 bridgehead atoms. The average molecular weight is 487 g/mol. The molecule has 0 unspecified atom stereocenters. The largest absolute Gasteiger partial charge is 0.338 e. The van der Waals surface area contributed by atoms with Gasteiger partial charge in [0.25, 0.3) is 5.91 Å². The maximum Gasteiger partial charge on any atom is 0.256 e. The Kier molecular flexibility index (Phi) is 7.46. The van der Waals surface area contributed by atoms with Gasteiger partial charge in [0.05, 0.1) is 16.2 Å². The fraction of sp³-hybridized carbons (Fsp3) is 0.348. The van der Waals surface area contributed by atoms with Crippen molar-refractivity contribution in [3.8, 4) is 0 Å². The number of benzene rings is 2. The number of hydrogen-bond acceptors (Lipinski definition) is 7. The van der Waals surface area contributed by atoms with E-state index in [0.29, 0.717) is 41.8 Å². The van der Waals surface area contributed by atoms with Crippen LogP contribution in [0.1, 0.15) is 47.8 Å². The number of nitrogens with zero attached hydrogens (tertiary/aromatic N) is 3. The van der Waals surface area contributed by atoms with Crippen LogP contribution >= 0.6 is 11.8 Å². The molecule has 1 aromatic heterocycles. The predicted molar refractivity (Wildman–Crippen MR) is 127 cm³/mol. The van der Waals surface area contributed by atoms with Crippen LogP contribution < -0.4 is 5.32 Å². The molecular formula is C23H26N4O4S2. The second kappa shape index (κ2) is 10.5. The van der Waals surface area contributed by atoms with Gasteiger partial charge in [0.15, 0.2) is 5.82 Å². The highest BCUT2D eigenvalue weighted by Gasteiger charge is 2.25. The number of aryl methyl sites for hydroxylation is 1. The van der Waals surface area contributed by atoms with E-state index in [2.05, 4.69) is 15.5 Å². The molecule has 0 radical (unpaired) electrons. The SMILES string of the molecule is Cc1noc(CSc2ccccc2C(=O)Nc2cccc(S(=O)(=O)N3CCCCCC3)c2)n1. The number of thioether (sulfide) groups is 1. The molecule has 10 heteroatoms. The van der Waals surface area contributed by atoms with Gasteiger partial charge in [-0.3, -0.25) is 4.79 Å². The number of hydrogen-bond donors (Lipinski definition) is 1. The number of carbonyl (C=O) groups excluding carboxylic acids is 1. The lowest BCUT2D eigenvalue weighted by atomic mass is 10.2. The number of aromatic nitrogens is 2. The average Bonchev–Trinajstić information content (AvgIpc) is 3.05. The third-order valence-electron chi connectivity index (χ3n) is 5.35. The summed E-state index contributed by atoms with van der Waals surface area (Å²) in [7, 11) is -3.60. The summed E-state index contributed by atoms with van der Waals surface area (Å²) in [5.41, 5.74) is 0.919. The van der Waals surface area contributed by atoms with Gasteiger partial charge >= 0.3 is 0 Å². The monoisotopic (exact) mass is 486 g/mol. The first-order chi connectivity index (χ1) is 15.9. The highest BCUT2D eigenvalue weighted by molar-refractivity contribution is 7.98. The molecule has 8 nitrogen and oxygen atoms in total. The molecule has 0 spiro atoms. The molecule has 1 saturated heterocycles. The van der Waals surface area contributed by atoms with E-state index in [1.807, 2.05) is 12.1 Å². The molecule has 1 amide bonds. The number of anilines is 1. The summed E-state index contributed by atoms with van der Waals surface area (Å²) in [6, 6.07) is 13.7. The second-order valence-corrected chi connectivity index (χ2v) is 10.8. The highest BCUT2D eigenvalue weighted by atomic mass is 32.2. The second-order valence-electron chi connectivity index (χ2n) is 7.82. The Morgan fingerprint density at radius 2 is 1.85 bits per heavy atom. The molecular weight excluding hydrogens is 460 g/mol. The van der Waals surface area contributed by atoms with Crippen LogP contribution in [0.2, 0.25) is 0 Å². The molecule has 4 rings (SSSR count). The van der Waals surface area contributed by atoms with Gasteiger partial charge in [-0.2, -0.15) is 9.29 Å². The van der Waals surface area contributed by atoms with E-state index in [4.69, 9.17) is 4.52 Å². The molecule has 1 N–H and O–H groups in total.